The smallest absolute Gasteiger partial charge is 0.315 e. The molecule has 0 aliphatic carbocycles. The van der Waals surface area contributed by atoms with E-state index < -0.39 is 78.1 Å². The zero-order valence-electron chi connectivity index (χ0n) is 55.2. The van der Waals surface area contributed by atoms with Crippen molar-refractivity contribution in [2.24, 2.45) is 35.0 Å². The molecule has 12 N–H and O–H groups in total. The van der Waals surface area contributed by atoms with Crippen molar-refractivity contribution in [3.05, 3.63) is 0 Å². The van der Waals surface area contributed by atoms with Crippen LogP contribution in [0.25, 0.3) is 0 Å². The Labute approximate surface area is 619 Å². The van der Waals surface area contributed by atoms with E-state index in [0.29, 0.717) is 45.1 Å². The first-order chi connectivity index (χ1) is 41.3. The number of ether oxygens (including phenoxy) is 4. The molecular weight excluding hydrogens is 1330 g/mol. The molecule has 0 aromatic heterocycles. The number of rotatable bonds is 34. The molecule has 30 nitrogen and oxygen atoms in total. The minimum absolute atomic E-state index is 0. The molecule has 1 aliphatic rings. The average molecular weight is 1490 g/mol. The van der Waals surface area contributed by atoms with Crippen molar-refractivity contribution in [1.82, 2.24) is 42.5 Å². The van der Waals surface area contributed by atoms with E-state index in [0.717, 1.165) is 0 Å². The molecule has 0 spiro atoms. The van der Waals surface area contributed by atoms with E-state index in [1.807, 2.05) is 62.3 Å². The first kappa shape index (κ1) is 135. The Bertz CT molecular complexity index is 2240. The summed E-state index contributed by atoms with van der Waals surface area (Å²) >= 11 is 0. The fourth-order valence-electron chi connectivity index (χ4n) is 8.04. The number of Topliss-reactive ketones (excluding diaryl/α,β-unsaturated/α-hetero) is 1. The van der Waals surface area contributed by atoms with Crippen LogP contribution in [0, 0.1) is 35.0 Å². The normalized spacial score (nSPS) is 15.4. The molecule has 0 aromatic rings. The van der Waals surface area contributed by atoms with Crippen molar-refractivity contribution >= 4 is 76.9 Å². The van der Waals surface area contributed by atoms with Crippen LogP contribution in [0.5, 0.6) is 0 Å². The van der Waals surface area contributed by atoms with Crippen LogP contribution in [0.2, 0.25) is 0 Å². The summed E-state index contributed by atoms with van der Waals surface area (Å²) in [6.45, 7) is 28.4. The van der Waals surface area contributed by atoms with Crippen LogP contribution < -0.4 is 42.5 Å². The number of amides is 9. The SMILES string of the molecule is C.C.C.C.C.C.C.C.C.C.C.C.C.CC(=O)NCCC(=O)CCOO.CCC(CC(C)(C)C(=O)OCCOC(=O)CC(=O)NCNC(C)=O)C(=O)NC(C)C.CCC(CC(C)C(=O)NC(C)=O)C(=O)NC(C)C.CCC(CC(C)C(=O)OCC1OC(O)C(NC(C)=O)C(O)C1O)C(=O)NC(C)C. The maximum Gasteiger partial charge on any atom is 0.315 e. The number of carbonyl (C=O) groups is 13. The zero-order chi connectivity index (χ0) is 69.3. The van der Waals surface area contributed by atoms with Gasteiger partial charge >= 0.3 is 17.9 Å². The standard InChI is InChI=1S/C20H35N3O7.C19H34N2O8.C13H24N2O3.C7H13NO4.13CH4/c1-7-15(18(27)23-13(2)3)11-20(5,6)19(28)30-9-8-29-17(26)10-16(25)22-12-21-14(4)24;1-6-12(17(25)20-9(2)3)7-10(4)18(26)28-8-13-15(23)16(24)14(19(27)29-13)21-11(5)22;1-6-11(13(18)14-8(2)3)7-9(4)12(17)15-10(5)16;1-6(9)8-4-2-7(10)3-5-12-11;;;;;;;;;;;;;/h13,15H,7-12H2,1-6H3,(H,21,24)(H,22,25)(H,23,27);9-10,12-16,19,23-24,27H,6-8H2,1-5H3,(H,20,25)(H,21,22);8-9,11H,6-7H2,1-5H3,(H,14,18)(H,15,16,17);11H,2-5H2,1H3,(H,8,9);13*1H4. The monoisotopic (exact) mass is 1490 g/mol. The van der Waals surface area contributed by atoms with Gasteiger partial charge < -0.3 is 71.5 Å². The molecule has 1 aliphatic heterocycles. The van der Waals surface area contributed by atoms with Gasteiger partial charge in [0.15, 0.2) is 6.29 Å². The minimum Gasteiger partial charge on any atom is -0.463 e. The van der Waals surface area contributed by atoms with Gasteiger partial charge in [0.1, 0.15) is 56.4 Å². The zero-order valence-corrected chi connectivity index (χ0v) is 55.2. The number of aliphatic hydroxyl groups excluding tert-OH is 3. The quantitative estimate of drug-likeness (QED) is 0.00543. The number of aliphatic hydroxyl groups is 3. The molecule has 1 fully saturated rings. The van der Waals surface area contributed by atoms with Gasteiger partial charge in [-0.2, -0.15) is 0 Å². The van der Waals surface area contributed by atoms with Crippen LogP contribution in [-0.2, 0) is 86.2 Å². The molecule has 102 heavy (non-hydrogen) atoms. The van der Waals surface area contributed by atoms with E-state index in [2.05, 4.69) is 47.4 Å². The van der Waals surface area contributed by atoms with E-state index in [1.165, 1.54) is 27.7 Å². The topological polar surface area (TPSA) is 445 Å². The molecular formula is C72H158N8O22. The molecule has 0 bridgehead atoms. The summed E-state index contributed by atoms with van der Waals surface area (Å²) in [5.74, 6) is -6.17. The van der Waals surface area contributed by atoms with E-state index in [9.17, 15) is 77.6 Å². The molecule has 30 heteroatoms. The van der Waals surface area contributed by atoms with Crippen molar-refractivity contribution < 1.29 is 107 Å². The maximum atomic E-state index is 12.4. The molecule has 0 aromatic carbocycles. The Morgan fingerprint density at radius 3 is 1.30 bits per heavy atom. The van der Waals surface area contributed by atoms with Gasteiger partial charge in [0.2, 0.25) is 53.2 Å². The molecule has 0 radical (unpaired) electrons. The van der Waals surface area contributed by atoms with E-state index in [1.54, 1.807) is 27.7 Å². The van der Waals surface area contributed by atoms with Gasteiger partial charge in [-0.05, 0) is 93.9 Å². The van der Waals surface area contributed by atoms with Crippen LogP contribution in [-0.4, -0.2) is 186 Å². The van der Waals surface area contributed by atoms with Gasteiger partial charge in [-0.25, -0.2) is 4.89 Å². The average Bonchev–Trinajstić information content (AvgIpc) is 0.817. The predicted molar refractivity (Wildman–Crippen MR) is 410 cm³/mol. The third-order valence-corrected chi connectivity index (χ3v) is 12.9. The first-order valence-corrected chi connectivity index (χ1v) is 30.0. The van der Waals surface area contributed by atoms with Gasteiger partial charge in [0, 0.05) is 88.9 Å². The summed E-state index contributed by atoms with van der Waals surface area (Å²) in [6.07, 6.45) is -2.82. The van der Waals surface area contributed by atoms with Gasteiger partial charge in [-0.15, -0.1) is 0 Å². The van der Waals surface area contributed by atoms with Gasteiger partial charge in [0.05, 0.1) is 24.6 Å². The number of imide groups is 1. The van der Waals surface area contributed by atoms with Crippen molar-refractivity contribution in [2.45, 2.75) is 321 Å². The molecule has 1 heterocycles. The second kappa shape index (κ2) is 74.0. The fourth-order valence-corrected chi connectivity index (χ4v) is 8.04. The Balaban J connectivity index is -0.0000000691. The highest BCUT2D eigenvalue weighted by Gasteiger charge is 2.45. The lowest BCUT2D eigenvalue weighted by atomic mass is 9.81. The summed E-state index contributed by atoms with van der Waals surface area (Å²) in [5.41, 5.74) is -0.886. The third-order valence-electron chi connectivity index (χ3n) is 12.9. The van der Waals surface area contributed by atoms with Crippen LogP contribution in [0.1, 0.15) is 272 Å². The van der Waals surface area contributed by atoms with Crippen molar-refractivity contribution in [2.75, 3.05) is 39.6 Å². The van der Waals surface area contributed by atoms with Crippen LogP contribution in [0.4, 0.5) is 0 Å². The van der Waals surface area contributed by atoms with Crippen molar-refractivity contribution in [3.63, 3.8) is 0 Å². The molecule has 1 saturated heterocycles. The molecule has 10 atom stereocenters. The molecule has 10 unspecified atom stereocenters. The van der Waals surface area contributed by atoms with Crippen molar-refractivity contribution in [3.8, 4) is 0 Å². The lowest BCUT2D eigenvalue weighted by Gasteiger charge is -2.40. The number of hydrogen-bond donors (Lipinski definition) is 12. The number of hydrogen-bond acceptors (Lipinski definition) is 22. The summed E-state index contributed by atoms with van der Waals surface area (Å²) in [4.78, 5) is 153. The lowest BCUT2D eigenvalue weighted by molar-refractivity contribution is -0.256. The Morgan fingerprint density at radius 1 is 0.490 bits per heavy atom. The third kappa shape index (κ3) is 65.3. The van der Waals surface area contributed by atoms with E-state index in [4.69, 9.17) is 24.2 Å². The molecule has 618 valence electrons. The molecule has 0 saturated carbocycles. The second-order valence-electron chi connectivity index (χ2n) is 23.0. The number of ketones is 1. The Morgan fingerprint density at radius 2 is 0.912 bits per heavy atom. The highest BCUT2D eigenvalue weighted by Crippen LogP contribution is 2.29. The summed E-state index contributed by atoms with van der Waals surface area (Å²) < 4.78 is 20.4. The van der Waals surface area contributed by atoms with Gasteiger partial charge in [-0.3, -0.25) is 72.9 Å². The largest absolute Gasteiger partial charge is 0.463 e. The molecule has 9 amide bonds. The molecule has 1 rings (SSSR count). The van der Waals surface area contributed by atoms with Gasteiger partial charge in [-0.1, -0.05) is 131 Å². The number of carbonyl (C=O) groups excluding carboxylic acids is 13. The van der Waals surface area contributed by atoms with Crippen LogP contribution in [0.15, 0.2) is 0 Å². The van der Waals surface area contributed by atoms with Crippen LogP contribution in [0.3, 0.4) is 0 Å². The first-order valence-electron chi connectivity index (χ1n) is 30.0. The lowest BCUT2D eigenvalue weighted by Crippen LogP contribution is -2.64. The maximum absolute atomic E-state index is 12.4. The summed E-state index contributed by atoms with van der Waals surface area (Å²) in [5, 5.41) is 58.3. The number of esters is 3. The van der Waals surface area contributed by atoms with Crippen LogP contribution >= 0.6 is 0 Å². The highest BCUT2D eigenvalue weighted by molar-refractivity contribution is 5.95. The summed E-state index contributed by atoms with van der Waals surface area (Å²) in [7, 11) is 0. The Hall–Kier alpha value is -6.73. The highest BCUT2D eigenvalue weighted by atomic mass is 17.1. The fraction of sp³-hybridized carbons (Fsp3) is 0.819. The predicted octanol–water partition coefficient (Wildman–Crippen LogP) is 9.15. The van der Waals surface area contributed by atoms with Gasteiger partial charge in [0.25, 0.3) is 0 Å². The van der Waals surface area contributed by atoms with E-state index >= 15 is 0 Å². The summed E-state index contributed by atoms with van der Waals surface area (Å²) in [6, 6.07) is -1.09. The number of nitrogens with one attached hydrogen (secondary N) is 8. The van der Waals surface area contributed by atoms with Crippen molar-refractivity contribution in [1.29, 1.82) is 0 Å². The van der Waals surface area contributed by atoms with E-state index in [-0.39, 0.29) is 231 Å². The minimum atomic E-state index is -1.57. The Kier molecular flexibility index (Phi) is 97.8. The second-order valence-corrected chi connectivity index (χ2v) is 23.0.